The third-order valence-electron chi connectivity index (χ3n) is 2.78. The number of benzene rings is 1. The van der Waals surface area contributed by atoms with Gasteiger partial charge in [-0.3, -0.25) is 9.59 Å². The van der Waals surface area contributed by atoms with Gasteiger partial charge < -0.3 is 16.8 Å². The van der Waals surface area contributed by atoms with E-state index in [-0.39, 0.29) is 16.5 Å². The summed E-state index contributed by atoms with van der Waals surface area (Å²) >= 11 is 5.89. The fourth-order valence-electron chi connectivity index (χ4n) is 1.51. The molecule has 0 aliphatic rings. The van der Waals surface area contributed by atoms with E-state index in [4.69, 9.17) is 23.1 Å². The zero-order valence-electron chi connectivity index (χ0n) is 10.8. The third kappa shape index (κ3) is 4.89. The second-order valence-corrected chi connectivity index (χ2v) is 4.89. The van der Waals surface area contributed by atoms with Gasteiger partial charge in [0, 0.05) is 12.1 Å². The number of rotatable bonds is 6. The van der Waals surface area contributed by atoms with Gasteiger partial charge in [0.15, 0.2) is 0 Å². The van der Waals surface area contributed by atoms with Crippen molar-refractivity contribution in [3.63, 3.8) is 0 Å². The minimum absolute atomic E-state index is 0.108. The SMILES string of the molecule is CC(CN)CCC(=O)Nc1ccc(C(N)=O)c(Cl)c1. The van der Waals surface area contributed by atoms with Crippen LogP contribution >= 0.6 is 11.6 Å². The van der Waals surface area contributed by atoms with E-state index >= 15 is 0 Å². The van der Waals surface area contributed by atoms with Gasteiger partial charge in [-0.25, -0.2) is 0 Å². The second kappa shape index (κ2) is 7.11. The number of nitrogens with two attached hydrogens (primary N) is 2. The standard InChI is InChI=1S/C13H18ClN3O2/c1-8(7-15)2-5-12(18)17-9-3-4-10(13(16)19)11(14)6-9/h3-4,6,8H,2,5,7,15H2,1H3,(H2,16,19)(H,17,18). The van der Waals surface area contributed by atoms with Crippen LogP contribution in [0.3, 0.4) is 0 Å². The summed E-state index contributed by atoms with van der Waals surface area (Å²) in [6.45, 7) is 2.55. The molecule has 0 fully saturated rings. The van der Waals surface area contributed by atoms with Crippen LogP contribution < -0.4 is 16.8 Å². The van der Waals surface area contributed by atoms with Gasteiger partial charge in [-0.2, -0.15) is 0 Å². The van der Waals surface area contributed by atoms with Crippen LogP contribution in [-0.2, 0) is 4.79 Å². The second-order valence-electron chi connectivity index (χ2n) is 4.49. The van der Waals surface area contributed by atoms with E-state index < -0.39 is 5.91 Å². The molecule has 1 aromatic rings. The normalized spacial score (nSPS) is 11.9. The Hall–Kier alpha value is -1.59. The molecule has 1 unspecified atom stereocenters. The van der Waals surface area contributed by atoms with E-state index in [1.165, 1.54) is 12.1 Å². The maximum Gasteiger partial charge on any atom is 0.250 e. The van der Waals surface area contributed by atoms with Crippen LogP contribution in [0.2, 0.25) is 5.02 Å². The van der Waals surface area contributed by atoms with Crippen LogP contribution in [0, 0.1) is 5.92 Å². The summed E-state index contributed by atoms with van der Waals surface area (Å²) in [5.41, 5.74) is 11.4. The number of halogens is 1. The fourth-order valence-corrected chi connectivity index (χ4v) is 1.79. The van der Waals surface area contributed by atoms with E-state index in [1.54, 1.807) is 6.07 Å². The quantitative estimate of drug-likeness (QED) is 0.742. The molecular weight excluding hydrogens is 266 g/mol. The number of hydrogen-bond acceptors (Lipinski definition) is 3. The third-order valence-corrected chi connectivity index (χ3v) is 3.10. The summed E-state index contributed by atoms with van der Waals surface area (Å²) in [7, 11) is 0. The highest BCUT2D eigenvalue weighted by atomic mass is 35.5. The van der Waals surface area contributed by atoms with Crippen LogP contribution in [0.25, 0.3) is 0 Å². The van der Waals surface area contributed by atoms with Crippen molar-refractivity contribution >= 4 is 29.1 Å². The van der Waals surface area contributed by atoms with Gasteiger partial charge in [-0.1, -0.05) is 18.5 Å². The van der Waals surface area contributed by atoms with Gasteiger partial charge in [0.1, 0.15) is 0 Å². The smallest absolute Gasteiger partial charge is 0.250 e. The Labute approximate surface area is 117 Å². The average Bonchev–Trinajstić information content (AvgIpc) is 2.35. The summed E-state index contributed by atoms with van der Waals surface area (Å²) in [5.74, 6) is -0.394. The topological polar surface area (TPSA) is 98.2 Å². The molecule has 0 spiro atoms. The molecule has 104 valence electrons. The van der Waals surface area contributed by atoms with E-state index in [0.29, 0.717) is 24.6 Å². The molecule has 5 nitrogen and oxygen atoms in total. The maximum absolute atomic E-state index is 11.7. The first kappa shape index (κ1) is 15.5. The van der Waals surface area contributed by atoms with E-state index in [2.05, 4.69) is 5.32 Å². The first-order chi connectivity index (χ1) is 8.93. The Morgan fingerprint density at radius 1 is 1.42 bits per heavy atom. The minimum Gasteiger partial charge on any atom is -0.366 e. The zero-order valence-corrected chi connectivity index (χ0v) is 11.5. The van der Waals surface area contributed by atoms with Crippen molar-refractivity contribution in [3.05, 3.63) is 28.8 Å². The van der Waals surface area contributed by atoms with Gasteiger partial charge >= 0.3 is 0 Å². The molecule has 0 aliphatic heterocycles. The van der Waals surface area contributed by atoms with Crippen molar-refractivity contribution in [2.45, 2.75) is 19.8 Å². The lowest BCUT2D eigenvalue weighted by Crippen LogP contribution is -2.16. The first-order valence-electron chi connectivity index (χ1n) is 6.03. The van der Waals surface area contributed by atoms with Crippen LogP contribution in [0.4, 0.5) is 5.69 Å². The van der Waals surface area contributed by atoms with Crippen LogP contribution in [-0.4, -0.2) is 18.4 Å². The van der Waals surface area contributed by atoms with Crippen molar-refractivity contribution in [2.24, 2.45) is 17.4 Å². The first-order valence-corrected chi connectivity index (χ1v) is 6.41. The summed E-state index contributed by atoms with van der Waals surface area (Å²) in [4.78, 5) is 22.7. The van der Waals surface area contributed by atoms with Crippen molar-refractivity contribution in [2.75, 3.05) is 11.9 Å². The highest BCUT2D eigenvalue weighted by Gasteiger charge is 2.09. The number of carbonyl (C=O) groups excluding carboxylic acids is 2. The van der Waals surface area contributed by atoms with Gasteiger partial charge in [0.25, 0.3) is 0 Å². The molecule has 0 bridgehead atoms. The lowest BCUT2D eigenvalue weighted by atomic mass is 10.1. The Morgan fingerprint density at radius 2 is 2.11 bits per heavy atom. The molecule has 0 aliphatic carbocycles. The van der Waals surface area contributed by atoms with Crippen molar-refractivity contribution in [3.8, 4) is 0 Å². The number of amides is 2. The molecule has 6 heteroatoms. The average molecular weight is 284 g/mol. The summed E-state index contributed by atoms with van der Waals surface area (Å²) < 4.78 is 0. The number of nitrogens with one attached hydrogen (secondary N) is 1. The number of hydrogen-bond donors (Lipinski definition) is 3. The molecule has 19 heavy (non-hydrogen) atoms. The largest absolute Gasteiger partial charge is 0.366 e. The van der Waals surface area contributed by atoms with Crippen molar-refractivity contribution in [1.29, 1.82) is 0 Å². The Morgan fingerprint density at radius 3 is 2.63 bits per heavy atom. The van der Waals surface area contributed by atoms with Gasteiger partial charge in [-0.05, 0) is 37.1 Å². The Kier molecular flexibility index (Phi) is 5.79. The summed E-state index contributed by atoms with van der Waals surface area (Å²) in [6.07, 6.45) is 1.13. The molecule has 1 rings (SSSR count). The molecule has 1 aromatic carbocycles. The predicted molar refractivity (Wildman–Crippen MR) is 76.1 cm³/mol. The van der Waals surface area contributed by atoms with E-state index in [9.17, 15) is 9.59 Å². The molecule has 0 aromatic heterocycles. The maximum atomic E-state index is 11.7. The summed E-state index contributed by atoms with van der Waals surface area (Å²) in [6, 6.07) is 4.59. The number of anilines is 1. The molecule has 0 saturated carbocycles. The van der Waals surface area contributed by atoms with Gasteiger partial charge in [-0.15, -0.1) is 0 Å². The molecule has 5 N–H and O–H groups in total. The lowest BCUT2D eigenvalue weighted by Gasteiger charge is -2.09. The van der Waals surface area contributed by atoms with Crippen LogP contribution in [0.1, 0.15) is 30.1 Å². The molecule has 1 atom stereocenters. The number of carbonyl (C=O) groups is 2. The highest BCUT2D eigenvalue weighted by Crippen LogP contribution is 2.21. The van der Waals surface area contributed by atoms with Crippen LogP contribution in [0.15, 0.2) is 18.2 Å². The monoisotopic (exact) mass is 283 g/mol. The van der Waals surface area contributed by atoms with Gasteiger partial charge in [0.05, 0.1) is 10.6 Å². The van der Waals surface area contributed by atoms with E-state index in [1.807, 2.05) is 6.92 Å². The Balaban J connectivity index is 2.60. The molecule has 0 saturated heterocycles. The summed E-state index contributed by atoms with van der Waals surface area (Å²) in [5, 5.41) is 2.93. The van der Waals surface area contributed by atoms with Crippen molar-refractivity contribution in [1.82, 2.24) is 0 Å². The lowest BCUT2D eigenvalue weighted by molar-refractivity contribution is -0.116. The van der Waals surface area contributed by atoms with Gasteiger partial charge in [0.2, 0.25) is 11.8 Å². The minimum atomic E-state index is -0.598. The van der Waals surface area contributed by atoms with Crippen molar-refractivity contribution < 1.29 is 9.59 Å². The molecule has 0 heterocycles. The molecule has 2 amide bonds. The molecular formula is C13H18ClN3O2. The zero-order chi connectivity index (χ0) is 14.4. The van der Waals surface area contributed by atoms with E-state index in [0.717, 1.165) is 6.42 Å². The fraction of sp³-hybridized carbons (Fsp3) is 0.385. The Bertz CT molecular complexity index is 477. The predicted octanol–water partition coefficient (Wildman–Crippen LogP) is 1.75. The molecule has 0 radical (unpaired) electrons. The van der Waals surface area contributed by atoms with Crippen LogP contribution in [0.5, 0.6) is 0 Å². The highest BCUT2D eigenvalue weighted by molar-refractivity contribution is 6.34. The number of primary amides is 1.